The molecule has 2 heterocycles. The van der Waals surface area contributed by atoms with Crippen LogP contribution in [0, 0.1) is 6.92 Å². The lowest BCUT2D eigenvalue weighted by Gasteiger charge is -2.17. The third-order valence-electron chi connectivity index (χ3n) is 3.57. The molecule has 5 heteroatoms. The van der Waals surface area contributed by atoms with Gasteiger partial charge in [0.15, 0.2) is 0 Å². The second kappa shape index (κ2) is 4.56. The Morgan fingerprint density at radius 3 is 2.43 bits per heavy atom. The summed E-state index contributed by atoms with van der Waals surface area (Å²) in [6, 6.07) is 7.63. The van der Waals surface area contributed by atoms with Gasteiger partial charge in [-0.15, -0.1) is 0 Å². The van der Waals surface area contributed by atoms with Crippen LogP contribution in [-0.4, -0.2) is 24.6 Å². The molecule has 0 saturated carbocycles. The summed E-state index contributed by atoms with van der Waals surface area (Å²) in [6.45, 7) is 5.34. The fourth-order valence-electron chi connectivity index (χ4n) is 2.31. The molecule has 0 saturated heterocycles. The molecule has 0 fully saturated rings. The molecule has 0 aliphatic heterocycles. The van der Waals surface area contributed by atoms with Crippen molar-refractivity contribution in [2.24, 2.45) is 0 Å². The highest BCUT2D eigenvalue weighted by atomic mass is 16.3. The number of imidazole rings is 1. The Labute approximate surface area is 122 Å². The minimum atomic E-state index is -0.858. The van der Waals surface area contributed by atoms with Gasteiger partial charge in [-0.1, -0.05) is 24.3 Å². The fourth-order valence-corrected chi connectivity index (χ4v) is 2.31. The van der Waals surface area contributed by atoms with Crippen LogP contribution in [0.5, 0.6) is 5.88 Å². The van der Waals surface area contributed by atoms with Gasteiger partial charge in [-0.2, -0.15) is 4.98 Å². The Kier molecular flexibility index (Phi) is 2.95. The zero-order chi connectivity index (χ0) is 15.2. The van der Waals surface area contributed by atoms with Gasteiger partial charge >= 0.3 is 0 Å². The molecule has 0 bridgehead atoms. The fraction of sp³-hybridized carbons (Fsp3) is 0.250. The summed E-state index contributed by atoms with van der Waals surface area (Å²) >= 11 is 0. The van der Waals surface area contributed by atoms with Crippen LogP contribution in [0.2, 0.25) is 0 Å². The first-order valence-corrected chi connectivity index (χ1v) is 6.73. The summed E-state index contributed by atoms with van der Waals surface area (Å²) in [6.07, 6.45) is 3.45. The lowest BCUT2D eigenvalue weighted by Crippen LogP contribution is -2.14. The smallest absolute Gasteiger partial charge is 0.239 e. The highest BCUT2D eigenvalue weighted by Crippen LogP contribution is 2.25. The van der Waals surface area contributed by atoms with E-state index in [1.54, 1.807) is 20.0 Å². The molecule has 3 rings (SSSR count). The van der Waals surface area contributed by atoms with E-state index >= 15 is 0 Å². The Bertz CT molecular complexity index is 799. The molecule has 0 radical (unpaired) electrons. The van der Waals surface area contributed by atoms with Crippen LogP contribution in [-0.2, 0) is 5.60 Å². The van der Waals surface area contributed by atoms with E-state index in [9.17, 15) is 10.2 Å². The average molecular weight is 283 g/mol. The summed E-state index contributed by atoms with van der Waals surface area (Å²) in [7, 11) is 0. The predicted octanol–water partition coefficient (Wildman–Crippen LogP) is 2.64. The minimum absolute atomic E-state index is 0.0103. The normalized spacial score (nSPS) is 12.0. The number of aromatic nitrogens is 3. The van der Waals surface area contributed by atoms with Gasteiger partial charge in [-0.05, 0) is 26.3 Å². The van der Waals surface area contributed by atoms with E-state index in [1.807, 2.05) is 41.8 Å². The summed E-state index contributed by atoms with van der Waals surface area (Å²) in [5, 5.41) is 19.7. The van der Waals surface area contributed by atoms with Crippen LogP contribution in [0.25, 0.3) is 16.8 Å². The molecule has 0 unspecified atom stereocenters. The Morgan fingerprint density at radius 1 is 1.14 bits per heavy atom. The first kappa shape index (κ1) is 13.6. The number of aryl methyl sites for hydroxylation is 1. The molecule has 0 aliphatic carbocycles. The highest BCUT2D eigenvalue weighted by Gasteiger charge is 2.16. The topological polar surface area (TPSA) is 70.7 Å². The number of nitrogens with zero attached hydrogens (tertiary/aromatic N) is 3. The molecule has 21 heavy (non-hydrogen) atoms. The highest BCUT2D eigenvalue weighted by molar-refractivity contribution is 5.63. The largest absolute Gasteiger partial charge is 0.492 e. The number of hydrogen-bond donors (Lipinski definition) is 2. The van der Waals surface area contributed by atoms with Gasteiger partial charge in [0.2, 0.25) is 5.88 Å². The van der Waals surface area contributed by atoms with Gasteiger partial charge in [0, 0.05) is 11.8 Å². The maximum absolute atomic E-state index is 9.98. The standard InChI is InChI=1S/C16H17N3O2/c1-10-18-15(20)14-8-17-13(9-19(10)14)11-4-6-12(7-5-11)16(2,3)21/h4-9,20-21H,1-3H3. The molecule has 0 amide bonds. The van der Waals surface area contributed by atoms with E-state index in [4.69, 9.17) is 0 Å². The average Bonchev–Trinajstić information content (AvgIpc) is 2.73. The lowest BCUT2D eigenvalue weighted by molar-refractivity contribution is 0.0786. The summed E-state index contributed by atoms with van der Waals surface area (Å²) in [4.78, 5) is 8.38. The molecular formula is C16H17N3O2. The number of hydrogen-bond acceptors (Lipinski definition) is 4. The van der Waals surface area contributed by atoms with E-state index in [1.165, 1.54) is 0 Å². The van der Waals surface area contributed by atoms with Crippen molar-refractivity contribution in [3.63, 3.8) is 0 Å². The van der Waals surface area contributed by atoms with E-state index in [0.29, 0.717) is 11.3 Å². The van der Waals surface area contributed by atoms with Crippen molar-refractivity contribution in [2.45, 2.75) is 26.4 Å². The van der Waals surface area contributed by atoms with Gasteiger partial charge in [0.25, 0.3) is 0 Å². The van der Waals surface area contributed by atoms with Gasteiger partial charge in [-0.25, -0.2) is 0 Å². The van der Waals surface area contributed by atoms with E-state index in [0.717, 1.165) is 16.8 Å². The second-order valence-electron chi connectivity index (χ2n) is 5.65. The Hall–Kier alpha value is -2.40. The van der Waals surface area contributed by atoms with Gasteiger partial charge < -0.3 is 10.2 Å². The number of fused-ring (bicyclic) bond motifs is 1. The van der Waals surface area contributed by atoms with Crippen LogP contribution in [0.1, 0.15) is 25.2 Å². The van der Waals surface area contributed by atoms with Crippen molar-refractivity contribution in [2.75, 3.05) is 0 Å². The maximum Gasteiger partial charge on any atom is 0.239 e. The zero-order valence-corrected chi connectivity index (χ0v) is 12.2. The quantitative estimate of drug-likeness (QED) is 0.758. The number of rotatable bonds is 2. The van der Waals surface area contributed by atoms with Crippen LogP contribution in [0.15, 0.2) is 36.7 Å². The first-order chi connectivity index (χ1) is 9.86. The van der Waals surface area contributed by atoms with Crippen LogP contribution >= 0.6 is 0 Å². The monoisotopic (exact) mass is 283 g/mol. The second-order valence-corrected chi connectivity index (χ2v) is 5.65. The molecule has 2 N–H and O–H groups in total. The summed E-state index contributed by atoms with van der Waals surface area (Å²) in [5.74, 6) is 0.697. The number of benzene rings is 1. The first-order valence-electron chi connectivity index (χ1n) is 6.73. The molecular weight excluding hydrogens is 266 g/mol. The predicted molar refractivity (Wildman–Crippen MR) is 80.1 cm³/mol. The Morgan fingerprint density at radius 2 is 1.81 bits per heavy atom. The van der Waals surface area contributed by atoms with Crippen molar-refractivity contribution >= 4 is 5.52 Å². The van der Waals surface area contributed by atoms with Gasteiger partial charge in [0.05, 0.1) is 17.5 Å². The SMILES string of the molecule is Cc1nc(O)c2cnc(-c3ccc(C(C)(C)O)cc3)cn12. The van der Waals surface area contributed by atoms with Crippen molar-refractivity contribution < 1.29 is 10.2 Å². The molecule has 108 valence electrons. The van der Waals surface area contributed by atoms with Crippen molar-refractivity contribution in [3.05, 3.63) is 48.0 Å². The van der Waals surface area contributed by atoms with Gasteiger partial charge in [-0.3, -0.25) is 9.38 Å². The molecule has 1 aromatic carbocycles. The minimum Gasteiger partial charge on any atom is -0.492 e. The van der Waals surface area contributed by atoms with E-state index < -0.39 is 5.60 Å². The van der Waals surface area contributed by atoms with Crippen LogP contribution in [0.4, 0.5) is 0 Å². The molecule has 2 aromatic heterocycles. The molecule has 0 spiro atoms. The summed E-state index contributed by atoms with van der Waals surface area (Å²) < 4.78 is 1.81. The van der Waals surface area contributed by atoms with E-state index in [2.05, 4.69) is 9.97 Å². The number of aromatic hydroxyl groups is 1. The van der Waals surface area contributed by atoms with Crippen molar-refractivity contribution in [3.8, 4) is 17.1 Å². The van der Waals surface area contributed by atoms with E-state index in [-0.39, 0.29) is 5.88 Å². The lowest BCUT2D eigenvalue weighted by atomic mass is 9.97. The molecule has 5 nitrogen and oxygen atoms in total. The van der Waals surface area contributed by atoms with Crippen LogP contribution in [0.3, 0.4) is 0 Å². The summed E-state index contributed by atoms with van der Waals surface area (Å²) in [5.41, 5.74) is 2.30. The Balaban J connectivity index is 2.06. The zero-order valence-electron chi connectivity index (χ0n) is 12.2. The third kappa shape index (κ3) is 2.36. The van der Waals surface area contributed by atoms with Gasteiger partial charge in [0.1, 0.15) is 11.3 Å². The molecule has 0 atom stereocenters. The maximum atomic E-state index is 9.98. The molecule has 0 aliphatic rings. The van der Waals surface area contributed by atoms with Crippen LogP contribution < -0.4 is 0 Å². The number of aliphatic hydroxyl groups is 1. The third-order valence-corrected chi connectivity index (χ3v) is 3.57. The van der Waals surface area contributed by atoms with Crippen molar-refractivity contribution in [1.29, 1.82) is 0 Å². The van der Waals surface area contributed by atoms with Crippen molar-refractivity contribution in [1.82, 2.24) is 14.4 Å². The molecule has 3 aromatic rings.